The minimum Gasteiger partial charge on any atom is -0.493 e. The van der Waals surface area contributed by atoms with Crippen molar-refractivity contribution in [3.8, 4) is 11.5 Å². The van der Waals surface area contributed by atoms with Crippen LogP contribution in [0.2, 0.25) is 10.0 Å². The number of rotatable bonds is 6. The fraction of sp³-hybridized carbons (Fsp3) is 0.391. The summed E-state index contributed by atoms with van der Waals surface area (Å²) in [7, 11) is 3.09. The topological polar surface area (TPSA) is 77.1 Å². The van der Waals surface area contributed by atoms with Gasteiger partial charge in [0.2, 0.25) is 0 Å². The molecule has 7 nitrogen and oxygen atoms in total. The van der Waals surface area contributed by atoms with Crippen LogP contribution in [0, 0.1) is 0 Å². The third-order valence-electron chi connectivity index (χ3n) is 5.45. The van der Waals surface area contributed by atoms with Crippen molar-refractivity contribution in [1.29, 1.82) is 0 Å². The van der Waals surface area contributed by atoms with E-state index >= 15 is 0 Å². The lowest BCUT2D eigenvalue weighted by atomic mass is 9.85. The van der Waals surface area contributed by atoms with Crippen LogP contribution in [0.3, 0.4) is 0 Å². The molecule has 1 N–H and O–H groups in total. The zero-order valence-electron chi connectivity index (χ0n) is 18.4. The van der Waals surface area contributed by atoms with E-state index in [9.17, 15) is 9.59 Å². The van der Waals surface area contributed by atoms with Crippen molar-refractivity contribution in [2.24, 2.45) is 0 Å². The molecule has 0 aromatic heterocycles. The lowest BCUT2D eigenvalue weighted by Crippen LogP contribution is -2.45. The molecule has 2 unspecified atom stereocenters. The van der Waals surface area contributed by atoms with Crippen molar-refractivity contribution < 1.29 is 23.8 Å². The lowest BCUT2D eigenvalue weighted by Gasteiger charge is -2.39. The van der Waals surface area contributed by atoms with Crippen LogP contribution in [-0.4, -0.2) is 45.4 Å². The number of carbonyl (C=O) groups excluding carboxylic acids is 2. The number of nitrogens with one attached hydrogen (secondary N) is 1. The van der Waals surface area contributed by atoms with Gasteiger partial charge in [0.25, 0.3) is 5.91 Å². The van der Waals surface area contributed by atoms with E-state index in [-0.39, 0.29) is 29.5 Å². The fourth-order valence-corrected chi connectivity index (χ4v) is 4.44. The zero-order chi connectivity index (χ0) is 23.4. The third-order valence-corrected chi connectivity index (χ3v) is 6.00. The standard InChI is InChI=1S/C23H26Cl2N2O5/c1-5-32-23(29)27-13(2)8-14(17-10-20(30-3)21(31-4)11-19(17)27)12-26-22(28)16-7-6-15(24)9-18(16)25/h6-7,9-11,13-14H,5,8,12H2,1-4H3,(H,26,28). The van der Waals surface area contributed by atoms with E-state index in [2.05, 4.69) is 5.32 Å². The van der Waals surface area contributed by atoms with E-state index in [0.29, 0.717) is 40.7 Å². The van der Waals surface area contributed by atoms with Crippen LogP contribution in [0.4, 0.5) is 10.5 Å². The summed E-state index contributed by atoms with van der Waals surface area (Å²) < 4.78 is 16.2. The number of ether oxygens (including phenoxy) is 3. The molecule has 0 saturated carbocycles. The number of benzene rings is 2. The number of carbonyl (C=O) groups is 2. The van der Waals surface area contributed by atoms with Crippen LogP contribution in [0.5, 0.6) is 11.5 Å². The Morgan fingerprint density at radius 3 is 2.44 bits per heavy atom. The molecule has 0 saturated heterocycles. The largest absolute Gasteiger partial charge is 0.493 e. The second-order valence-electron chi connectivity index (χ2n) is 7.45. The number of halogens is 2. The van der Waals surface area contributed by atoms with Crippen LogP contribution in [-0.2, 0) is 4.74 Å². The van der Waals surface area contributed by atoms with Crippen molar-refractivity contribution >= 4 is 40.9 Å². The number of hydrogen-bond acceptors (Lipinski definition) is 5. The molecule has 0 aliphatic carbocycles. The van der Waals surface area contributed by atoms with Crippen molar-refractivity contribution in [2.75, 3.05) is 32.3 Å². The first-order chi connectivity index (χ1) is 15.3. The summed E-state index contributed by atoms with van der Waals surface area (Å²) in [5.41, 5.74) is 1.88. The van der Waals surface area contributed by atoms with Gasteiger partial charge in [0.05, 0.1) is 37.1 Å². The maximum absolute atomic E-state index is 12.7. The second-order valence-corrected chi connectivity index (χ2v) is 8.29. The second kappa shape index (κ2) is 10.3. The Morgan fingerprint density at radius 2 is 1.81 bits per heavy atom. The molecular weight excluding hydrogens is 455 g/mol. The molecule has 0 spiro atoms. The maximum Gasteiger partial charge on any atom is 0.414 e. The normalized spacial score (nSPS) is 17.4. The first kappa shape index (κ1) is 24.0. The SMILES string of the molecule is CCOC(=O)N1c2cc(OC)c(OC)cc2C(CNC(=O)c2ccc(Cl)cc2Cl)CC1C. The molecule has 9 heteroatoms. The van der Waals surface area contributed by atoms with Crippen molar-refractivity contribution in [3.05, 3.63) is 51.5 Å². The van der Waals surface area contributed by atoms with Gasteiger partial charge in [-0.05, 0) is 50.1 Å². The molecular formula is C23H26Cl2N2O5. The van der Waals surface area contributed by atoms with Crippen LogP contribution in [0.15, 0.2) is 30.3 Å². The third kappa shape index (κ3) is 4.89. The summed E-state index contributed by atoms with van der Waals surface area (Å²) >= 11 is 12.1. The maximum atomic E-state index is 12.7. The van der Waals surface area contributed by atoms with Crippen molar-refractivity contribution in [3.63, 3.8) is 0 Å². The monoisotopic (exact) mass is 480 g/mol. The lowest BCUT2D eigenvalue weighted by molar-refractivity contribution is 0.0949. The highest BCUT2D eigenvalue weighted by Crippen LogP contribution is 2.44. The van der Waals surface area contributed by atoms with Gasteiger partial charge in [-0.15, -0.1) is 0 Å². The highest BCUT2D eigenvalue weighted by Gasteiger charge is 2.36. The number of hydrogen-bond donors (Lipinski definition) is 1. The van der Waals surface area contributed by atoms with Crippen molar-refractivity contribution in [2.45, 2.75) is 32.2 Å². The highest BCUT2D eigenvalue weighted by molar-refractivity contribution is 6.36. The molecule has 2 atom stereocenters. The van der Waals surface area contributed by atoms with Gasteiger partial charge in [-0.3, -0.25) is 9.69 Å². The highest BCUT2D eigenvalue weighted by atomic mass is 35.5. The van der Waals surface area contributed by atoms with Gasteiger partial charge in [-0.25, -0.2) is 4.79 Å². The van der Waals surface area contributed by atoms with Gasteiger partial charge in [0, 0.05) is 29.6 Å². The van der Waals surface area contributed by atoms with Gasteiger partial charge >= 0.3 is 6.09 Å². The molecule has 0 bridgehead atoms. The molecule has 2 aromatic carbocycles. The van der Waals surface area contributed by atoms with E-state index in [1.807, 2.05) is 13.0 Å². The fourth-order valence-electron chi connectivity index (χ4n) is 3.95. The molecule has 2 aromatic rings. The zero-order valence-corrected chi connectivity index (χ0v) is 19.9. The predicted molar refractivity (Wildman–Crippen MR) is 125 cm³/mol. The number of amides is 2. The molecule has 1 aliphatic rings. The van der Waals surface area contributed by atoms with Gasteiger partial charge in [-0.1, -0.05) is 23.2 Å². The quantitative estimate of drug-likeness (QED) is 0.608. The van der Waals surface area contributed by atoms with Crippen LogP contribution in [0.25, 0.3) is 0 Å². The molecule has 172 valence electrons. The predicted octanol–water partition coefficient (Wildman–Crippen LogP) is 5.28. The molecule has 0 radical (unpaired) electrons. The molecule has 32 heavy (non-hydrogen) atoms. The van der Waals surface area contributed by atoms with Crippen LogP contribution < -0.4 is 19.7 Å². The summed E-state index contributed by atoms with van der Waals surface area (Å²) in [4.78, 5) is 27.0. The Bertz CT molecular complexity index is 1010. The number of methoxy groups -OCH3 is 2. The number of anilines is 1. The summed E-state index contributed by atoms with van der Waals surface area (Å²) in [6.45, 7) is 4.33. The van der Waals surface area contributed by atoms with Gasteiger partial charge in [-0.2, -0.15) is 0 Å². The van der Waals surface area contributed by atoms with Gasteiger partial charge in [0.15, 0.2) is 11.5 Å². The van der Waals surface area contributed by atoms with Gasteiger partial charge in [0.1, 0.15) is 0 Å². The Kier molecular flexibility index (Phi) is 7.74. The molecule has 3 rings (SSSR count). The summed E-state index contributed by atoms with van der Waals surface area (Å²) in [5.74, 6) is 0.682. The number of fused-ring (bicyclic) bond motifs is 1. The first-order valence-corrected chi connectivity index (χ1v) is 11.0. The first-order valence-electron chi connectivity index (χ1n) is 10.3. The minimum absolute atomic E-state index is 0.0690. The molecule has 1 heterocycles. The van der Waals surface area contributed by atoms with Crippen molar-refractivity contribution in [1.82, 2.24) is 5.32 Å². The van der Waals surface area contributed by atoms with E-state index in [1.165, 1.54) is 6.07 Å². The van der Waals surface area contributed by atoms with Crippen LogP contribution in [0.1, 0.15) is 42.1 Å². The minimum atomic E-state index is -0.427. The van der Waals surface area contributed by atoms with E-state index in [1.54, 1.807) is 44.2 Å². The Labute approximate surface area is 197 Å². The summed E-state index contributed by atoms with van der Waals surface area (Å²) in [6, 6.07) is 8.21. The molecule has 2 amide bonds. The Morgan fingerprint density at radius 1 is 1.12 bits per heavy atom. The Hall–Kier alpha value is -2.64. The molecule has 0 fully saturated rings. The van der Waals surface area contributed by atoms with E-state index in [0.717, 1.165) is 5.56 Å². The Balaban J connectivity index is 1.92. The smallest absolute Gasteiger partial charge is 0.414 e. The summed E-state index contributed by atoms with van der Waals surface area (Å²) in [6.07, 6.45) is 0.194. The summed E-state index contributed by atoms with van der Waals surface area (Å²) in [5, 5.41) is 3.70. The number of nitrogens with zero attached hydrogens (tertiary/aromatic N) is 1. The van der Waals surface area contributed by atoms with Crippen LogP contribution >= 0.6 is 23.2 Å². The van der Waals surface area contributed by atoms with E-state index < -0.39 is 6.09 Å². The van der Waals surface area contributed by atoms with Gasteiger partial charge < -0.3 is 19.5 Å². The molecule has 1 aliphatic heterocycles. The average molecular weight is 481 g/mol. The average Bonchev–Trinajstić information content (AvgIpc) is 2.76. The van der Waals surface area contributed by atoms with E-state index in [4.69, 9.17) is 37.4 Å².